The van der Waals surface area contributed by atoms with Crippen LogP contribution in [0.4, 0.5) is 4.79 Å². The van der Waals surface area contributed by atoms with Crippen LogP contribution in [-0.4, -0.2) is 51.3 Å². The molecule has 1 heterocycles. The molecule has 0 aliphatic carbocycles. The zero-order chi connectivity index (χ0) is 20.0. The standard InChI is InChI=1S/C21H26N2O4S/c1-27-18-7-9-19(10-8-18)28(25,26)20-12-15-23(16-13-20)21(24)22-14-11-17-5-3-2-4-6-17/h2-10,20H,11-16H2,1H3,(H,22,24). The average Bonchev–Trinajstić information content (AvgIpc) is 2.74. The van der Waals surface area contributed by atoms with Gasteiger partial charge < -0.3 is 15.0 Å². The van der Waals surface area contributed by atoms with Crippen LogP contribution in [0.15, 0.2) is 59.5 Å². The van der Waals surface area contributed by atoms with Crippen molar-refractivity contribution in [2.45, 2.75) is 29.4 Å². The molecule has 7 heteroatoms. The van der Waals surface area contributed by atoms with Crippen LogP contribution < -0.4 is 10.1 Å². The summed E-state index contributed by atoms with van der Waals surface area (Å²) in [6, 6.07) is 16.3. The maximum atomic E-state index is 12.8. The summed E-state index contributed by atoms with van der Waals surface area (Å²) < 4.78 is 30.7. The fraction of sp³-hybridized carbons (Fsp3) is 0.381. The molecule has 2 amide bonds. The molecule has 2 aromatic rings. The lowest BCUT2D eigenvalue weighted by atomic mass is 10.1. The van der Waals surface area contributed by atoms with Crippen LogP contribution in [0.5, 0.6) is 5.75 Å². The van der Waals surface area contributed by atoms with Crippen LogP contribution in [-0.2, 0) is 16.3 Å². The third-order valence-corrected chi connectivity index (χ3v) is 7.37. The number of likely N-dealkylation sites (tertiary alicyclic amines) is 1. The summed E-state index contributed by atoms with van der Waals surface area (Å²) >= 11 is 0. The Labute approximate surface area is 166 Å². The Morgan fingerprint density at radius 2 is 1.71 bits per heavy atom. The molecule has 1 aliphatic heterocycles. The van der Waals surface area contributed by atoms with E-state index < -0.39 is 15.1 Å². The Kier molecular flexibility index (Phi) is 6.57. The number of nitrogens with one attached hydrogen (secondary N) is 1. The van der Waals surface area contributed by atoms with Gasteiger partial charge in [0.15, 0.2) is 9.84 Å². The van der Waals surface area contributed by atoms with Gasteiger partial charge in [-0.25, -0.2) is 13.2 Å². The first-order valence-electron chi connectivity index (χ1n) is 9.45. The smallest absolute Gasteiger partial charge is 0.317 e. The van der Waals surface area contributed by atoms with Gasteiger partial charge in [-0.05, 0) is 49.1 Å². The Bertz CT molecular complexity index is 874. The molecular formula is C21H26N2O4S. The third kappa shape index (κ3) is 4.84. The molecule has 3 rings (SSSR count). The summed E-state index contributed by atoms with van der Waals surface area (Å²) in [5, 5.41) is 2.46. The van der Waals surface area contributed by atoms with Gasteiger partial charge in [-0.15, -0.1) is 0 Å². The molecule has 0 atom stereocenters. The second-order valence-corrected chi connectivity index (χ2v) is 9.10. The summed E-state index contributed by atoms with van der Waals surface area (Å²) in [5.41, 5.74) is 1.17. The quantitative estimate of drug-likeness (QED) is 0.806. The van der Waals surface area contributed by atoms with E-state index in [2.05, 4.69) is 5.32 Å². The van der Waals surface area contributed by atoms with E-state index in [4.69, 9.17) is 4.74 Å². The lowest BCUT2D eigenvalue weighted by molar-refractivity contribution is 0.187. The van der Waals surface area contributed by atoms with E-state index in [1.54, 1.807) is 36.3 Å². The van der Waals surface area contributed by atoms with Crippen molar-refractivity contribution < 1.29 is 17.9 Å². The minimum Gasteiger partial charge on any atom is -0.497 e. The fourth-order valence-electron chi connectivity index (χ4n) is 3.40. The molecule has 0 spiro atoms. The van der Waals surface area contributed by atoms with Crippen molar-refractivity contribution in [2.75, 3.05) is 26.7 Å². The average molecular weight is 403 g/mol. The Morgan fingerprint density at radius 1 is 1.07 bits per heavy atom. The molecule has 0 bridgehead atoms. The van der Waals surface area contributed by atoms with Crippen molar-refractivity contribution >= 4 is 15.9 Å². The number of benzene rings is 2. The van der Waals surface area contributed by atoms with Crippen LogP contribution in [0.25, 0.3) is 0 Å². The molecule has 150 valence electrons. The van der Waals surface area contributed by atoms with Crippen LogP contribution >= 0.6 is 0 Å². The van der Waals surface area contributed by atoms with Crippen LogP contribution in [0.1, 0.15) is 18.4 Å². The first-order valence-corrected chi connectivity index (χ1v) is 11.0. The first-order chi connectivity index (χ1) is 13.5. The lowest BCUT2D eigenvalue weighted by Gasteiger charge is -2.31. The Hall–Kier alpha value is -2.54. The molecule has 0 saturated carbocycles. The van der Waals surface area contributed by atoms with Crippen molar-refractivity contribution in [3.63, 3.8) is 0 Å². The monoisotopic (exact) mass is 402 g/mol. The second kappa shape index (κ2) is 9.10. The number of piperidine rings is 1. The number of carbonyl (C=O) groups excluding carboxylic acids is 1. The zero-order valence-electron chi connectivity index (χ0n) is 16.0. The van der Waals surface area contributed by atoms with Crippen LogP contribution in [0.2, 0.25) is 0 Å². The molecule has 28 heavy (non-hydrogen) atoms. The predicted octanol–water partition coefficient (Wildman–Crippen LogP) is 2.89. The first kappa shape index (κ1) is 20.2. The van der Waals surface area contributed by atoms with Gasteiger partial charge >= 0.3 is 6.03 Å². The van der Waals surface area contributed by atoms with E-state index in [-0.39, 0.29) is 6.03 Å². The van der Waals surface area contributed by atoms with Gasteiger partial charge in [-0.3, -0.25) is 0 Å². The summed E-state index contributed by atoms with van der Waals surface area (Å²) in [6.07, 6.45) is 1.66. The summed E-state index contributed by atoms with van der Waals surface area (Å²) in [4.78, 5) is 14.3. The van der Waals surface area contributed by atoms with Crippen molar-refractivity contribution in [3.05, 3.63) is 60.2 Å². The van der Waals surface area contributed by atoms with E-state index in [1.807, 2.05) is 30.3 Å². The van der Waals surface area contributed by atoms with Gasteiger partial charge in [0, 0.05) is 19.6 Å². The molecule has 2 aromatic carbocycles. The highest BCUT2D eigenvalue weighted by Gasteiger charge is 2.32. The SMILES string of the molecule is COc1ccc(S(=O)(=O)C2CCN(C(=O)NCCc3ccccc3)CC2)cc1. The largest absolute Gasteiger partial charge is 0.497 e. The van der Waals surface area contributed by atoms with Crippen molar-refractivity contribution in [1.29, 1.82) is 0 Å². The van der Waals surface area contributed by atoms with E-state index in [9.17, 15) is 13.2 Å². The molecule has 0 radical (unpaired) electrons. The van der Waals surface area contributed by atoms with Crippen molar-refractivity contribution in [3.8, 4) is 5.75 Å². The van der Waals surface area contributed by atoms with Gasteiger partial charge in [-0.1, -0.05) is 30.3 Å². The number of hydrogen-bond donors (Lipinski definition) is 1. The van der Waals surface area contributed by atoms with Crippen molar-refractivity contribution in [2.24, 2.45) is 0 Å². The number of nitrogens with zero attached hydrogens (tertiary/aromatic N) is 1. The lowest BCUT2D eigenvalue weighted by Crippen LogP contribution is -2.47. The topological polar surface area (TPSA) is 75.7 Å². The Balaban J connectivity index is 1.49. The number of rotatable bonds is 6. The number of hydrogen-bond acceptors (Lipinski definition) is 4. The summed E-state index contributed by atoms with van der Waals surface area (Å²) in [7, 11) is -1.86. The van der Waals surface area contributed by atoms with Gasteiger partial charge in [0.2, 0.25) is 0 Å². The maximum absolute atomic E-state index is 12.8. The number of carbonyl (C=O) groups is 1. The molecule has 1 N–H and O–H groups in total. The fourth-order valence-corrected chi connectivity index (χ4v) is 5.13. The number of amides is 2. The molecule has 1 fully saturated rings. The highest BCUT2D eigenvalue weighted by Crippen LogP contribution is 2.26. The highest BCUT2D eigenvalue weighted by molar-refractivity contribution is 7.92. The molecule has 1 saturated heterocycles. The third-order valence-electron chi connectivity index (χ3n) is 5.09. The minimum atomic E-state index is -3.40. The van der Waals surface area contributed by atoms with Crippen molar-refractivity contribution in [1.82, 2.24) is 10.2 Å². The maximum Gasteiger partial charge on any atom is 0.317 e. The molecule has 6 nitrogen and oxygen atoms in total. The summed E-state index contributed by atoms with van der Waals surface area (Å²) in [5.74, 6) is 0.626. The van der Waals surface area contributed by atoms with E-state index in [0.717, 1.165) is 6.42 Å². The van der Waals surface area contributed by atoms with Gasteiger partial charge in [0.25, 0.3) is 0 Å². The molecule has 1 aliphatic rings. The number of urea groups is 1. The number of sulfone groups is 1. The van der Waals surface area contributed by atoms with Gasteiger partial charge in [0.05, 0.1) is 17.3 Å². The minimum absolute atomic E-state index is 0.128. The highest BCUT2D eigenvalue weighted by atomic mass is 32.2. The number of methoxy groups -OCH3 is 1. The number of ether oxygens (including phenoxy) is 1. The van der Waals surface area contributed by atoms with Gasteiger partial charge in [-0.2, -0.15) is 0 Å². The predicted molar refractivity (Wildman–Crippen MR) is 108 cm³/mol. The molecular weight excluding hydrogens is 376 g/mol. The van der Waals surface area contributed by atoms with E-state index in [0.29, 0.717) is 43.1 Å². The Morgan fingerprint density at radius 3 is 2.32 bits per heavy atom. The van der Waals surface area contributed by atoms with Gasteiger partial charge in [0.1, 0.15) is 5.75 Å². The normalized spacial score (nSPS) is 15.2. The zero-order valence-corrected chi connectivity index (χ0v) is 16.8. The van der Waals surface area contributed by atoms with E-state index >= 15 is 0 Å². The summed E-state index contributed by atoms with van der Waals surface area (Å²) in [6.45, 7) is 1.45. The van der Waals surface area contributed by atoms with Crippen LogP contribution in [0.3, 0.4) is 0 Å². The second-order valence-electron chi connectivity index (χ2n) is 6.87. The van der Waals surface area contributed by atoms with Crippen LogP contribution in [0, 0.1) is 0 Å². The molecule has 0 unspecified atom stereocenters. The van der Waals surface area contributed by atoms with E-state index in [1.165, 1.54) is 5.56 Å². The molecule has 0 aromatic heterocycles.